The molecule has 2 aromatic rings. The zero-order valence-electron chi connectivity index (χ0n) is 17.6. The third kappa shape index (κ3) is 5.26. The Morgan fingerprint density at radius 2 is 2.00 bits per heavy atom. The van der Waals surface area contributed by atoms with E-state index in [1.807, 2.05) is 25.1 Å². The van der Waals surface area contributed by atoms with Gasteiger partial charge in [0.05, 0.1) is 20.8 Å². The number of carbonyl (C=O) groups is 1. The molecule has 2 heterocycles. The van der Waals surface area contributed by atoms with Crippen molar-refractivity contribution in [3.8, 4) is 22.9 Å². The van der Waals surface area contributed by atoms with Gasteiger partial charge in [-0.3, -0.25) is 9.69 Å². The third-order valence-electron chi connectivity index (χ3n) is 5.43. The van der Waals surface area contributed by atoms with E-state index >= 15 is 0 Å². The van der Waals surface area contributed by atoms with Crippen molar-refractivity contribution < 1.29 is 18.8 Å². The molecule has 1 aliphatic heterocycles. The maximum atomic E-state index is 12.3. The minimum Gasteiger partial charge on any atom is -0.493 e. The quantitative estimate of drug-likeness (QED) is 0.726. The number of piperidine rings is 1. The van der Waals surface area contributed by atoms with Crippen molar-refractivity contribution in [1.29, 1.82) is 0 Å². The fraction of sp³-hybridized carbons (Fsp3) is 0.571. The van der Waals surface area contributed by atoms with Gasteiger partial charge in [0, 0.05) is 17.5 Å². The number of nitrogens with one attached hydrogen (secondary N) is 1. The number of rotatable bonds is 8. The number of aromatic nitrogens is 2. The molecule has 8 nitrogen and oxygen atoms in total. The topological polar surface area (TPSA) is 89.7 Å². The summed E-state index contributed by atoms with van der Waals surface area (Å²) in [6.07, 6.45) is 2.64. The Kier molecular flexibility index (Phi) is 7.09. The molecule has 1 saturated heterocycles. The Morgan fingerprint density at radius 1 is 1.28 bits per heavy atom. The summed E-state index contributed by atoms with van der Waals surface area (Å²) in [5, 5.41) is 7.18. The predicted octanol–water partition coefficient (Wildman–Crippen LogP) is 2.88. The van der Waals surface area contributed by atoms with Crippen LogP contribution in [0.5, 0.6) is 11.5 Å². The van der Waals surface area contributed by atoms with E-state index < -0.39 is 0 Å². The average Bonchev–Trinajstić information content (AvgIpc) is 3.22. The monoisotopic (exact) mass is 402 g/mol. The molecule has 1 atom stereocenters. The highest BCUT2D eigenvalue weighted by atomic mass is 16.5. The van der Waals surface area contributed by atoms with Crippen molar-refractivity contribution >= 4 is 5.91 Å². The maximum absolute atomic E-state index is 12.3. The fourth-order valence-corrected chi connectivity index (χ4v) is 3.42. The van der Waals surface area contributed by atoms with Crippen LogP contribution in [-0.2, 0) is 11.3 Å². The SMILES string of the molecule is CC[C@H](C)NC(=O)C1CCN(Cc2nc(-c3ccc(OC)c(OC)c3)no2)CC1. The molecule has 0 saturated carbocycles. The summed E-state index contributed by atoms with van der Waals surface area (Å²) >= 11 is 0. The van der Waals surface area contributed by atoms with E-state index in [9.17, 15) is 4.79 Å². The van der Waals surface area contributed by atoms with Crippen LogP contribution in [0.2, 0.25) is 0 Å². The van der Waals surface area contributed by atoms with E-state index in [0.717, 1.165) is 37.9 Å². The molecule has 0 bridgehead atoms. The van der Waals surface area contributed by atoms with E-state index in [2.05, 4.69) is 27.3 Å². The molecule has 1 aromatic heterocycles. The number of nitrogens with zero attached hydrogens (tertiary/aromatic N) is 3. The number of carbonyl (C=O) groups excluding carboxylic acids is 1. The summed E-state index contributed by atoms with van der Waals surface area (Å²) in [7, 11) is 3.19. The lowest BCUT2D eigenvalue weighted by Gasteiger charge is -2.30. The normalized spacial score (nSPS) is 16.4. The van der Waals surface area contributed by atoms with Crippen LogP contribution in [0, 0.1) is 5.92 Å². The minimum absolute atomic E-state index is 0.0882. The van der Waals surface area contributed by atoms with Crippen LogP contribution in [0.15, 0.2) is 22.7 Å². The number of ether oxygens (including phenoxy) is 2. The van der Waals surface area contributed by atoms with E-state index in [1.54, 1.807) is 14.2 Å². The molecule has 8 heteroatoms. The first-order chi connectivity index (χ1) is 14.0. The summed E-state index contributed by atoms with van der Waals surface area (Å²) in [5.41, 5.74) is 0.804. The maximum Gasteiger partial charge on any atom is 0.241 e. The summed E-state index contributed by atoms with van der Waals surface area (Å²) in [5.74, 6) is 2.62. The van der Waals surface area contributed by atoms with Crippen LogP contribution in [0.3, 0.4) is 0 Å². The molecule has 1 amide bonds. The minimum atomic E-state index is 0.0882. The Morgan fingerprint density at radius 3 is 2.66 bits per heavy atom. The summed E-state index contributed by atoms with van der Waals surface area (Å²) < 4.78 is 16.0. The molecule has 1 fully saturated rings. The molecule has 0 unspecified atom stereocenters. The molecular weight excluding hydrogens is 372 g/mol. The number of benzene rings is 1. The lowest BCUT2D eigenvalue weighted by Crippen LogP contribution is -2.42. The first-order valence-electron chi connectivity index (χ1n) is 10.1. The van der Waals surface area contributed by atoms with Crippen LogP contribution < -0.4 is 14.8 Å². The largest absolute Gasteiger partial charge is 0.493 e. The van der Waals surface area contributed by atoms with Gasteiger partial charge in [0.25, 0.3) is 0 Å². The standard InChI is InChI=1S/C21H30N4O4/c1-5-14(2)22-21(26)15-8-10-25(11-9-15)13-19-23-20(24-29-19)16-6-7-17(27-3)18(12-16)28-4/h6-7,12,14-15H,5,8-11,13H2,1-4H3,(H,22,26)/t14-/m0/s1. The number of amides is 1. The average molecular weight is 402 g/mol. The van der Waals surface area contributed by atoms with Crippen molar-refractivity contribution in [3.05, 3.63) is 24.1 Å². The van der Waals surface area contributed by atoms with Gasteiger partial charge in [0.2, 0.25) is 17.6 Å². The highest BCUT2D eigenvalue weighted by Crippen LogP contribution is 2.31. The first kappa shape index (κ1) is 21.1. The molecule has 1 N–H and O–H groups in total. The highest BCUT2D eigenvalue weighted by molar-refractivity contribution is 5.79. The van der Waals surface area contributed by atoms with Crippen molar-refractivity contribution in [2.24, 2.45) is 5.92 Å². The fourth-order valence-electron chi connectivity index (χ4n) is 3.42. The van der Waals surface area contributed by atoms with Gasteiger partial charge in [-0.2, -0.15) is 4.98 Å². The Bertz CT molecular complexity index is 815. The number of methoxy groups -OCH3 is 2. The molecular formula is C21H30N4O4. The molecule has 0 aliphatic carbocycles. The molecule has 0 radical (unpaired) electrons. The summed E-state index contributed by atoms with van der Waals surface area (Å²) in [6, 6.07) is 5.75. The first-order valence-corrected chi connectivity index (χ1v) is 10.1. The zero-order valence-corrected chi connectivity index (χ0v) is 17.6. The number of hydrogen-bond donors (Lipinski definition) is 1. The van der Waals surface area contributed by atoms with Crippen LogP contribution in [0.4, 0.5) is 0 Å². The molecule has 1 aliphatic rings. The Labute approximate surface area is 171 Å². The van der Waals surface area contributed by atoms with Gasteiger partial charge >= 0.3 is 0 Å². The van der Waals surface area contributed by atoms with Gasteiger partial charge in [-0.05, 0) is 57.5 Å². The van der Waals surface area contributed by atoms with Gasteiger partial charge < -0.3 is 19.3 Å². The number of likely N-dealkylation sites (tertiary alicyclic amines) is 1. The third-order valence-corrected chi connectivity index (χ3v) is 5.43. The van der Waals surface area contributed by atoms with E-state index in [0.29, 0.717) is 29.8 Å². The van der Waals surface area contributed by atoms with Crippen LogP contribution >= 0.6 is 0 Å². The zero-order chi connectivity index (χ0) is 20.8. The predicted molar refractivity (Wildman–Crippen MR) is 109 cm³/mol. The lowest BCUT2D eigenvalue weighted by molar-refractivity contribution is -0.127. The van der Waals surface area contributed by atoms with E-state index in [1.165, 1.54) is 0 Å². The van der Waals surface area contributed by atoms with Gasteiger partial charge in [-0.15, -0.1) is 0 Å². The summed E-state index contributed by atoms with van der Waals surface area (Å²) in [4.78, 5) is 19.1. The Hall–Kier alpha value is -2.61. The molecule has 0 spiro atoms. The van der Waals surface area contributed by atoms with Crippen molar-refractivity contribution in [3.63, 3.8) is 0 Å². The van der Waals surface area contributed by atoms with Gasteiger partial charge in [0.15, 0.2) is 11.5 Å². The number of hydrogen-bond acceptors (Lipinski definition) is 7. The van der Waals surface area contributed by atoms with Crippen molar-refractivity contribution in [1.82, 2.24) is 20.4 Å². The van der Waals surface area contributed by atoms with E-state index in [-0.39, 0.29) is 17.9 Å². The summed E-state index contributed by atoms with van der Waals surface area (Å²) in [6.45, 7) is 6.38. The van der Waals surface area contributed by atoms with Gasteiger partial charge in [-0.1, -0.05) is 12.1 Å². The molecule has 1 aromatic carbocycles. The second-order valence-corrected chi connectivity index (χ2v) is 7.45. The molecule has 158 valence electrons. The molecule has 29 heavy (non-hydrogen) atoms. The lowest BCUT2D eigenvalue weighted by atomic mass is 9.95. The second-order valence-electron chi connectivity index (χ2n) is 7.45. The highest BCUT2D eigenvalue weighted by Gasteiger charge is 2.26. The van der Waals surface area contributed by atoms with Crippen LogP contribution in [0.25, 0.3) is 11.4 Å². The van der Waals surface area contributed by atoms with Crippen molar-refractivity contribution in [2.45, 2.75) is 45.7 Å². The van der Waals surface area contributed by atoms with E-state index in [4.69, 9.17) is 14.0 Å². The smallest absolute Gasteiger partial charge is 0.241 e. The van der Waals surface area contributed by atoms with Gasteiger partial charge in [-0.25, -0.2) is 0 Å². The second kappa shape index (κ2) is 9.73. The van der Waals surface area contributed by atoms with Crippen LogP contribution in [-0.4, -0.2) is 54.3 Å². The van der Waals surface area contributed by atoms with Crippen molar-refractivity contribution in [2.75, 3.05) is 27.3 Å². The van der Waals surface area contributed by atoms with Gasteiger partial charge in [0.1, 0.15) is 0 Å². The molecule has 3 rings (SSSR count). The Balaban J connectivity index is 1.56. The van der Waals surface area contributed by atoms with Crippen LogP contribution in [0.1, 0.15) is 39.0 Å².